The third kappa shape index (κ3) is 3.49. The number of hydrogen-bond acceptors (Lipinski definition) is 4. The predicted octanol–water partition coefficient (Wildman–Crippen LogP) is 1.44. The van der Waals surface area contributed by atoms with Crippen molar-refractivity contribution in [2.24, 2.45) is 5.84 Å². The molecule has 2 rings (SSSR count). The van der Waals surface area contributed by atoms with Gasteiger partial charge in [0, 0.05) is 18.3 Å². The Kier molecular flexibility index (Phi) is 4.04. The number of aromatic nitrogens is 1. The number of hydrazine groups is 1. The zero-order chi connectivity index (χ0) is 13.7. The normalized spacial score (nSPS) is 10.0. The average Bonchev–Trinajstić information content (AvgIpc) is 2.45. The van der Waals surface area contributed by atoms with Gasteiger partial charge in [0.1, 0.15) is 11.6 Å². The van der Waals surface area contributed by atoms with Crippen LogP contribution in [0.25, 0.3) is 0 Å². The Morgan fingerprint density at radius 2 is 2.16 bits per heavy atom. The molecule has 0 saturated heterocycles. The van der Waals surface area contributed by atoms with E-state index in [9.17, 15) is 9.18 Å². The summed E-state index contributed by atoms with van der Waals surface area (Å²) in [5, 5.41) is 2.69. The third-order valence-electron chi connectivity index (χ3n) is 2.51. The van der Waals surface area contributed by atoms with Crippen molar-refractivity contribution in [2.75, 3.05) is 5.43 Å². The Morgan fingerprint density at radius 1 is 1.32 bits per heavy atom. The van der Waals surface area contributed by atoms with Crippen LogP contribution < -0.4 is 16.6 Å². The van der Waals surface area contributed by atoms with Crippen LogP contribution in [0.4, 0.5) is 10.2 Å². The van der Waals surface area contributed by atoms with Crippen LogP contribution >= 0.6 is 0 Å². The minimum Gasteiger partial charge on any atom is -0.348 e. The van der Waals surface area contributed by atoms with E-state index in [1.54, 1.807) is 18.2 Å². The molecule has 0 unspecified atom stereocenters. The standard InChI is InChI=1S/C13H13FN4O/c14-11-3-1-2-9(6-11)8-17-13(19)10-4-5-16-12(7-10)18-15/h1-7H,8,15H2,(H,16,18)(H,17,19). The molecular formula is C13H13FN4O. The molecule has 0 aliphatic carbocycles. The highest BCUT2D eigenvalue weighted by atomic mass is 19.1. The lowest BCUT2D eigenvalue weighted by molar-refractivity contribution is 0.0951. The van der Waals surface area contributed by atoms with Crippen molar-refractivity contribution in [1.82, 2.24) is 10.3 Å². The largest absolute Gasteiger partial charge is 0.348 e. The molecule has 0 aliphatic heterocycles. The first-order valence-electron chi connectivity index (χ1n) is 5.64. The second kappa shape index (κ2) is 5.92. The molecule has 0 aliphatic rings. The number of pyridine rings is 1. The second-order valence-electron chi connectivity index (χ2n) is 3.89. The van der Waals surface area contributed by atoms with E-state index >= 15 is 0 Å². The number of carbonyl (C=O) groups excluding carboxylic acids is 1. The summed E-state index contributed by atoms with van der Waals surface area (Å²) in [6, 6.07) is 9.16. The lowest BCUT2D eigenvalue weighted by atomic mass is 10.2. The predicted molar refractivity (Wildman–Crippen MR) is 69.6 cm³/mol. The maximum atomic E-state index is 13.0. The summed E-state index contributed by atoms with van der Waals surface area (Å²) in [4.78, 5) is 15.8. The quantitative estimate of drug-likeness (QED) is 0.574. The highest BCUT2D eigenvalue weighted by Crippen LogP contribution is 2.07. The number of halogens is 1. The molecule has 0 bridgehead atoms. The summed E-state index contributed by atoms with van der Waals surface area (Å²) in [6.45, 7) is 0.254. The summed E-state index contributed by atoms with van der Waals surface area (Å²) in [5.74, 6) is 5.01. The first-order valence-corrected chi connectivity index (χ1v) is 5.64. The smallest absolute Gasteiger partial charge is 0.251 e. The van der Waals surface area contributed by atoms with Crippen molar-refractivity contribution >= 4 is 11.7 Å². The fraction of sp³-hybridized carbons (Fsp3) is 0.0769. The molecule has 1 heterocycles. The molecule has 0 radical (unpaired) electrons. The van der Waals surface area contributed by atoms with Gasteiger partial charge in [0.05, 0.1) is 0 Å². The molecule has 1 aromatic heterocycles. The lowest BCUT2D eigenvalue weighted by Gasteiger charge is -2.06. The number of nitrogen functional groups attached to an aromatic ring is 1. The van der Waals surface area contributed by atoms with Crippen LogP contribution in [0.2, 0.25) is 0 Å². The molecule has 0 atom stereocenters. The van der Waals surface area contributed by atoms with Gasteiger partial charge in [-0.25, -0.2) is 15.2 Å². The topological polar surface area (TPSA) is 80.0 Å². The monoisotopic (exact) mass is 260 g/mol. The summed E-state index contributed by atoms with van der Waals surface area (Å²) < 4.78 is 13.0. The van der Waals surface area contributed by atoms with Gasteiger partial charge in [0.25, 0.3) is 5.91 Å². The van der Waals surface area contributed by atoms with Gasteiger partial charge in [-0.1, -0.05) is 12.1 Å². The zero-order valence-electron chi connectivity index (χ0n) is 10.1. The van der Waals surface area contributed by atoms with Gasteiger partial charge in [-0.05, 0) is 29.8 Å². The highest BCUT2D eigenvalue weighted by molar-refractivity contribution is 5.94. The van der Waals surface area contributed by atoms with Crippen molar-refractivity contribution in [3.8, 4) is 0 Å². The second-order valence-corrected chi connectivity index (χ2v) is 3.89. The van der Waals surface area contributed by atoms with Crippen LogP contribution in [0.15, 0.2) is 42.6 Å². The van der Waals surface area contributed by atoms with Gasteiger partial charge in [-0.2, -0.15) is 0 Å². The molecule has 6 heteroatoms. The van der Waals surface area contributed by atoms with Crippen molar-refractivity contribution in [1.29, 1.82) is 0 Å². The van der Waals surface area contributed by atoms with E-state index in [1.165, 1.54) is 24.4 Å². The number of rotatable bonds is 4. The van der Waals surface area contributed by atoms with Gasteiger partial charge in [-0.3, -0.25) is 4.79 Å². The van der Waals surface area contributed by atoms with E-state index in [4.69, 9.17) is 5.84 Å². The fourth-order valence-corrected chi connectivity index (χ4v) is 1.58. The SMILES string of the molecule is NNc1cc(C(=O)NCc2cccc(F)c2)ccn1. The number of nitrogens with two attached hydrogens (primary N) is 1. The Labute approximate surface area is 109 Å². The Balaban J connectivity index is 2.01. The van der Waals surface area contributed by atoms with Gasteiger partial charge in [-0.15, -0.1) is 0 Å². The first kappa shape index (κ1) is 13.0. The van der Waals surface area contributed by atoms with Gasteiger partial charge in [0.2, 0.25) is 0 Å². The molecule has 0 spiro atoms. The number of benzene rings is 1. The molecule has 0 fully saturated rings. The summed E-state index contributed by atoms with van der Waals surface area (Å²) >= 11 is 0. The van der Waals surface area contributed by atoms with Crippen LogP contribution in [0.3, 0.4) is 0 Å². The third-order valence-corrected chi connectivity index (χ3v) is 2.51. The molecule has 19 heavy (non-hydrogen) atoms. The number of nitrogens with zero attached hydrogens (tertiary/aromatic N) is 1. The van der Waals surface area contributed by atoms with Crippen LogP contribution in [0.1, 0.15) is 15.9 Å². The Bertz CT molecular complexity index is 588. The molecule has 5 nitrogen and oxygen atoms in total. The Hall–Kier alpha value is -2.47. The van der Waals surface area contributed by atoms with Gasteiger partial charge in [0.15, 0.2) is 0 Å². The molecular weight excluding hydrogens is 247 g/mol. The molecule has 98 valence electrons. The molecule has 4 N–H and O–H groups in total. The highest BCUT2D eigenvalue weighted by Gasteiger charge is 2.06. The number of anilines is 1. The van der Waals surface area contributed by atoms with Crippen LogP contribution in [-0.4, -0.2) is 10.9 Å². The average molecular weight is 260 g/mol. The van der Waals surface area contributed by atoms with Crippen LogP contribution in [0, 0.1) is 5.82 Å². The lowest BCUT2D eigenvalue weighted by Crippen LogP contribution is -2.23. The van der Waals surface area contributed by atoms with Crippen molar-refractivity contribution in [3.05, 3.63) is 59.5 Å². The van der Waals surface area contributed by atoms with Crippen LogP contribution in [0.5, 0.6) is 0 Å². The number of nitrogens with one attached hydrogen (secondary N) is 2. The van der Waals surface area contributed by atoms with Crippen molar-refractivity contribution in [2.45, 2.75) is 6.54 Å². The van der Waals surface area contributed by atoms with Crippen LogP contribution in [-0.2, 0) is 6.54 Å². The van der Waals surface area contributed by atoms with E-state index in [1.807, 2.05) is 0 Å². The summed E-state index contributed by atoms with van der Waals surface area (Å²) in [7, 11) is 0. The number of hydrogen-bond donors (Lipinski definition) is 3. The molecule has 2 aromatic rings. The molecule has 1 amide bonds. The maximum absolute atomic E-state index is 13.0. The van der Waals surface area contributed by atoms with Crippen molar-refractivity contribution < 1.29 is 9.18 Å². The maximum Gasteiger partial charge on any atom is 0.251 e. The fourth-order valence-electron chi connectivity index (χ4n) is 1.58. The van der Waals surface area contributed by atoms with E-state index in [0.717, 1.165) is 0 Å². The first-order chi connectivity index (χ1) is 9.19. The van der Waals surface area contributed by atoms with E-state index in [0.29, 0.717) is 16.9 Å². The van der Waals surface area contributed by atoms with E-state index < -0.39 is 0 Å². The summed E-state index contributed by atoms with van der Waals surface area (Å²) in [6.07, 6.45) is 1.48. The van der Waals surface area contributed by atoms with Crippen molar-refractivity contribution in [3.63, 3.8) is 0 Å². The minimum atomic E-state index is -0.328. The number of carbonyl (C=O) groups is 1. The number of amides is 1. The van der Waals surface area contributed by atoms with E-state index in [2.05, 4.69) is 15.7 Å². The van der Waals surface area contributed by atoms with E-state index in [-0.39, 0.29) is 18.3 Å². The molecule has 0 saturated carbocycles. The molecule has 1 aromatic carbocycles. The summed E-state index contributed by atoms with van der Waals surface area (Å²) in [5.41, 5.74) is 3.49. The zero-order valence-corrected chi connectivity index (χ0v) is 10.1. The Morgan fingerprint density at radius 3 is 2.89 bits per heavy atom. The van der Waals surface area contributed by atoms with Gasteiger partial charge < -0.3 is 10.7 Å². The van der Waals surface area contributed by atoms with Gasteiger partial charge >= 0.3 is 0 Å². The minimum absolute atomic E-state index is 0.254.